The average molecular weight is 1040 g/mol. The Hall–Kier alpha value is -4.20. The Morgan fingerprint density at radius 1 is 0.904 bits per heavy atom. The van der Waals surface area contributed by atoms with Crippen LogP contribution in [-0.2, 0) is 51.9 Å². The number of esters is 3. The maximum atomic E-state index is 15.6. The van der Waals surface area contributed by atoms with Gasteiger partial charge in [0.25, 0.3) is 0 Å². The highest BCUT2D eigenvalue weighted by Gasteiger charge is 2.79. The largest absolute Gasteiger partial charge is 0.456 e. The molecule has 1 amide bonds. The molecule has 73 heavy (non-hydrogen) atoms. The van der Waals surface area contributed by atoms with Crippen molar-refractivity contribution in [2.75, 3.05) is 33.9 Å². The Kier molecular flexibility index (Phi) is 15.5. The second kappa shape index (κ2) is 20.1. The molecular weight excluding hydrogens is 953 g/mol. The van der Waals surface area contributed by atoms with E-state index in [0.717, 1.165) is 0 Å². The molecular formula is C56H82N2O14Si. The number of carbonyl (C=O) groups is 4. The molecule has 0 radical (unpaired) electrons. The van der Waals surface area contributed by atoms with Crippen LogP contribution < -0.4 is 5.32 Å². The number of fused-ring (bicyclic) bond motifs is 8. The lowest BCUT2D eigenvalue weighted by Crippen LogP contribution is -2.82. The Labute approximate surface area is 433 Å². The Bertz CT molecular complexity index is 2400. The number of carbonyl (C=O) groups excluding carboxylic acids is 4. The Morgan fingerprint density at radius 2 is 1.52 bits per heavy atom. The normalized spacial score (nSPS) is 32.3. The molecule has 2 aromatic rings. The molecule has 5 aliphatic rings. The lowest BCUT2D eigenvalue weighted by Gasteiger charge is -2.69. The fourth-order valence-electron chi connectivity index (χ4n) is 11.9. The average Bonchev–Trinajstić information content (AvgIpc) is 3.59. The van der Waals surface area contributed by atoms with E-state index >= 15 is 4.79 Å². The van der Waals surface area contributed by atoms with Crippen LogP contribution in [0.3, 0.4) is 0 Å². The molecule has 3 aliphatic carbocycles. The van der Waals surface area contributed by atoms with Crippen LogP contribution in [0.15, 0.2) is 71.8 Å². The van der Waals surface area contributed by atoms with Gasteiger partial charge in [-0.25, -0.2) is 14.4 Å². The molecule has 0 aromatic heterocycles. The Morgan fingerprint density at radius 3 is 2.07 bits per heavy atom. The van der Waals surface area contributed by atoms with E-state index in [1.165, 1.54) is 6.92 Å². The first-order valence-corrected chi connectivity index (χ1v) is 28.7. The molecule has 16 nitrogen and oxygen atoms in total. The van der Waals surface area contributed by atoms with E-state index in [4.69, 9.17) is 42.3 Å². The summed E-state index contributed by atoms with van der Waals surface area (Å²) in [5, 5.41) is 17.0. The van der Waals surface area contributed by atoms with E-state index in [1.54, 1.807) is 63.2 Å². The van der Waals surface area contributed by atoms with Gasteiger partial charge < -0.3 is 57.6 Å². The summed E-state index contributed by atoms with van der Waals surface area (Å²) in [6.07, 6.45) is -8.09. The second-order valence-corrected chi connectivity index (χ2v) is 29.6. The van der Waals surface area contributed by atoms with Crippen LogP contribution in [-0.4, -0.2) is 141 Å². The van der Waals surface area contributed by atoms with Crippen LogP contribution >= 0.6 is 0 Å². The molecule has 0 spiro atoms. The van der Waals surface area contributed by atoms with Crippen LogP contribution in [0, 0.1) is 16.7 Å². The highest BCUT2D eigenvalue weighted by molar-refractivity contribution is 6.74. The summed E-state index contributed by atoms with van der Waals surface area (Å²) in [6.45, 7) is 28.9. The predicted molar refractivity (Wildman–Crippen MR) is 275 cm³/mol. The quantitative estimate of drug-likeness (QED) is 0.0794. The number of ether oxygens (including phenoxy) is 8. The molecule has 17 heteroatoms. The Balaban J connectivity index is 1.46. The van der Waals surface area contributed by atoms with Gasteiger partial charge in [0.15, 0.2) is 25.8 Å². The van der Waals surface area contributed by atoms with Crippen LogP contribution in [0.4, 0.5) is 4.79 Å². The number of likely N-dealkylation sites (N-methyl/N-ethyl adjacent to an activating group) is 1. The molecule has 2 saturated carbocycles. The number of aliphatic hydroxyl groups is 1. The van der Waals surface area contributed by atoms with Gasteiger partial charge in [0.1, 0.15) is 35.6 Å². The number of nitrogens with one attached hydrogen (secondary N) is 1. The van der Waals surface area contributed by atoms with Crippen molar-refractivity contribution in [3.8, 4) is 0 Å². The fraction of sp³-hybridized carbons (Fsp3) is 0.679. The molecule has 7 rings (SSSR count). The monoisotopic (exact) mass is 1030 g/mol. The summed E-state index contributed by atoms with van der Waals surface area (Å²) in [7, 11) is 1.03. The smallest absolute Gasteiger partial charge is 0.408 e. The number of hydrogen-bond donors (Lipinski definition) is 2. The van der Waals surface area contributed by atoms with Crippen molar-refractivity contribution < 1.29 is 66.6 Å². The van der Waals surface area contributed by atoms with Gasteiger partial charge in [0.2, 0.25) is 0 Å². The first-order valence-electron chi connectivity index (χ1n) is 25.7. The third-order valence-corrected chi connectivity index (χ3v) is 21.0. The maximum absolute atomic E-state index is 15.6. The third kappa shape index (κ3) is 10.7. The number of alkyl carbamates (subject to hydrolysis) is 1. The third-order valence-electron chi connectivity index (χ3n) is 16.6. The molecule has 404 valence electrons. The van der Waals surface area contributed by atoms with Crippen molar-refractivity contribution in [1.82, 2.24) is 10.2 Å². The lowest BCUT2D eigenvalue weighted by molar-refractivity contribution is -0.366. The number of rotatable bonds is 14. The zero-order valence-corrected chi connectivity index (χ0v) is 47.2. The topological polar surface area (TPSA) is 187 Å². The zero-order valence-electron chi connectivity index (χ0n) is 46.2. The first kappa shape index (κ1) is 56.5. The minimum atomic E-state index is -2.87. The number of nitrogens with zero attached hydrogens (tertiary/aromatic N) is 1. The van der Waals surface area contributed by atoms with E-state index in [2.05, 4.69) is 26.1 Å². The van der Waals surface area contributed by atoms with Crippen molar-refractivity contribution in [2.45, 2.75) is 192 Å². The second-order valence-electron chi connectivity index (χ2n) is 24.9. The van der Waals surface area contributed by atoms with E-state index in [9.17, 15) is 19.5 Å². The summed E-state index contributed by atoms with van der Waals surface area (Å²) < 4.78 is 60.6. The predicted octanol–water partition coefficient (Wildman–Crippen LogP) is 8.47. The highest BCUT2D eigenvalue weighted by Crippen LogP contribution is 2.68. The van der Waals surface area contributed by atoms with Crippen LogP contribution in [0.25, 0.3) is 0 Å². The van der Waals surface area contributed by atoms with Gasteiger partial charge >= 0.3 is 24.0 Å². The summed E-state index contributed by atoms with van der Waals surface area (Å²) in [5.41, 5.74) is -5.03. The molecule has 2 aliphatic heterocycles. The summed E-state index contributed by atoms with van der Waals surface area (Å²) >= 11 is 0. The van der Waals surface area contributed by atoms with Gasteiger partial charge in [-0.2, -0.15) is 0 Å². The number of hydrogen-bond acceptors (Lipinski definition) is 15. The fourth-order valence-corrected chi connectivity index (χ4v) is 13.1. The molecule has 0 unspecified atom stereocenters. The molecule has 2 saturated heterocycles. The van der Waals surface area contributed by atoms with Crippen molar-refractivity contribution in [2.24, 2.45) is 16.7 Å². The standard InChI is InChI=1S/C56H82N2O14Si/c1-33-37(66-48(61)43(72-73(16,17)51(6,7)8)41(35-24-20-18-21-25-35)57-49(62)71-50(3,4)5)31-56(63)46(67-47(60)36-26-22-19-23-27-36)44-54(13,45-42(40(33)52(56,9)10)69-53(11,12)70-45)38(64-29-28-58(14)15)30-39-55(44,32-65-39)68-34(2)59/h18-27,37-39,41-46,63H,28-32H2,1-17H3,(H,57,62)/t37-,38-,39+,41-,42+,43+,44-,45+,46-,54+,55-,56+/m0/s1. The number of benzene rings is 2. The van der Waals surface area contributed by atoms with E-state index < -0.39 is 125 Å². The summed E-state index contributed by atoms with van der Waals surface area (Å²) in [4.78, 5) is 59.9. The van der Waals surface area contributed by atoms with Gasteiger partial charge in [0, 0.05) is 37.1 Å². The van der Waals surface area contributed by atoms with E-state index in [-0.39, 0.29) is 25.0 Å². The minimum Gasteiger partial charge on any atom is -0.456 e. The van der Waals surface area contributed by atoms with Crippen LogP contribution in [0.2, 0.25) is 18.1 Å². The zero-order chi connectivity index (χ0) is 54.1. The van der Waals surface area contributed by atoms with Gasteiger partial charge in [-0.15, -0.1) is 0 Å². The van der Waals surface area contributed by atoms with Crippen molar-refractivity contribution >= 4 is 32.3 Å². The van der Waals surface area contributed by atoms with Gasteiger partial charge in [-0.3, -0.25) is 4.79 Å². The molecule has 2 N–H and O–H groups in total. The first-order chi connectivity index (χ1) is 33.7. The van der Waals surface area contributed by atoms with Gasteiger partial charge in [-0.1, -0.05) is 90.1 Å². The van der Waals surface area contributed by atoms with Gasteiger partial charge in [0.05, 0.1) is 42.9 Å². The lowest BCUT2D eigenvalue weighted by atomic mass is 9.44. The maximum Gasteiger partial charge on any atom is 0.408 e. The SMILES string of the molecule is CC(=O)O[C@@]12CO[C@@H]1C[C@H](OCCN(C)C)[C@@]1(C)[C@@H]3OC(C)(C)O[C@@H]3C3=C(C)[C@@H](OC(=O)[C@H](O[Si](C)(C)C(C)(C)C)[C@@H](NC(=O)OC(C)(C)C)c4ccccc4)C[C@@](O)([C@@H](OC(=O)c4ccccc4)[C@H]21)C3(C)C. The highest BCUT2D eigenvalue weighted by atomic mass is 28.4. The van der Waals surface area contributed by atoms with Crippen molar-refractivity contribution in [1.29, 1.82) is 0 Å². The molecule has 2 heterocycles. The molecule has 12 atom stereocenters. The van der Waals surface area contributed by atoms with Gasteiger partial charge in [-0.05, 0) is 103 Å². The van der Waals surface area contributed by atoms with Crippen LogP contribution in [0.1, 0.15) is 125 Å². The summed E-state index contributed by atoms with van der Waals surface area (Å²) in [5.74, 6) is -4.42. The van der Waals surface area contributed by atoms with E-state index in [1.807, 2.05) is 91.8 Å². The van der Waals surface area contributed by atoms with Crippen molar-refractivity contribution in [3.63, 3.8) is 0 Å². The minimum absolute atomic E-state index is 0.0718. The molecule has 4 fully saturated rings. The van der Waals surface area contributed by atoms with Crippen molar-refractivity contribution in [3.05, 3.63) is 82.9 Å². The summed E-state index contributed by atoms with van der Waals surface area (Å²) in [6, 6.07) is 16.5. The number of amides is 1. The van der Waals surface area contributed by atoms with Crippen LogP contribution in [0.5, 0.6) is 0 Å². The molecule has 2 aromatic carbocycles. The van der Waals surface area contributed by atoms with E-state index in [0.29, 0.717) is 29.9 Å². The molecule has 2 bridgehead atoms.